The van der Waals surface area contributed by atoms with Crippen molar-refractivity contribution in [3.05, 3.63) is 66.0 Å². The molecule has 0 radical (unpaired) electrons. The maximum atomic E-state index is 13.9. The van der Waals surface area contributed by atoms with Crippen LogP contribution in [0.5, 0.6) is 0 Å². The molecule has 8 heteroatoms. The van der Waals surface area contributed by atoms with Crippen LogP contribution in [0.1, 0.15) is 11.3 Å². The Morgan fingerprint density at radius 2 is 2.12 bits per heavy atom. The van der Waals surface area contributed by atoms with E-state index in [0.29, 0.717) is 23.2 Å². The van der Waals surface area contributed by atoms with Gasteiger partial charge in [-0.3, -0.25) is 4.98 Å². The standard InChI is InChI=1S/C17H13FN4OS2/c18-14-6-5-11(15-13(14)4-1-7-19-15)10-24-17-22-21-16(25-17)20-9-12-3-2-8-23-12/h1-8H,9-10H2,(H,20,21). The molecule has 1 N–H and O–H groups in total. The van der Waals surface area contributed by atoms with E-state index in [4.69, 9.17) is 4.42 Å². The van der Waals surface area contributed by atoms with Gasteiger partial charge in [0.1, 0.15) is 11.6 Å². The molecule has 0 saturated carbocycles. The van der Waals surface area contributed by atoms with Gasteiger partial charge in [-0.2, -0.15) is 0 Å². The first-order valence-corrected chi connectivity index (χ1v) is 9.34. The Hall–Kier alpha value is -2.45. The Bertz CT molecular complexity index is 987. The Kier molecular flexibility index (Phi) is 4.62. The summed E-state index contributed by atoms with van der Waals surface area (Å²) in [6, 6.07) is 10.5. The zero-order valence-corrected chi connectivity index (χ0v) is 14.6. The number of benzene rings is 1. The number of fused-ring (bicyclic) bond motifs is 1. The number of anilines is 1. The first kappa shape index (κ1) is 16.0. The van der Waals surface area contributed by atoms with E-state index in [2.05, 4.69) is 20.5 Å². The van der Waals surface area contributed by atoms with Crippen LogP contribution in [0.15, 0.2) is 57.6 Å². The van der Waals surface area contributed by atoms with Crippen LogP contribution in [0.25, 0.3) is 10.9 Å². The lowest BCUT2D eigenvalue weighted by atomic mass is 10.1. The highest BCUT2D eigenvalue weighted by atomic mass is 32.2. The quantitative estimate of drug-likeness (QED) is 0.494. The third-order valence-electron chi connectivity index (χ3n) is 3.55. The molecule has 0 bridgehead atoms. The van der Waals surface area contributed by atoms with E-state index >= 15 is 0 Å². The van der Waals surface area contributed by atoms with Gasteiger partial charge in [-0.25, -0.2) is 4.39 Å². The van der Waals surface area contributed by atoms with Crippen LogP contribution in [-0.2, 0) is 12.3 Å². The normalized spacial score (nSPS) is 11.1. The highest BCUT2D eigenvalue weighted by Crippen LogP contribution is 2.31. The number of furan rings is 1. The third-order valence-corrected chi connectivity index (χ3v) is 5.61. The molecule has 3 heterocycles. The van der Waals surface area contributed by atoms with Crippen LogP contribution in [-0.4, -0.2) is 15.2 Å². The SMILES string of the molecule is Fc1ccc(CSc2nnc(NCc3ccco3)s2)c2ncccc12. The van der Waals surface area contributed by atoms with Crippen molar-refractivity contribution in [2.45, 2.75) is 16.6 Å². The van der Waals surface area contributed by atoms with Crippen molar-refractivity contribution in [1.82, 2.24) is 15.2 Å². The number of hydrogen-bond donors (Lipinski definition) is 1. The zero-order valence-electron chi connectivity index (χ0n) is 13.0. The van der Waals surface area contributed by atoms with E-state index in [1.54, 1.807) is 42.4 Å². The summed E-state index contributed by atoms with van der Waals surface area (Å²) in [5, 5.41) is 12.8. The Morgan fingerprint density at radius 3 is 3.00 bits per heavy atom. The minimum atomic E-state index is -0.253. The second-order valence-corrected chi connectivity index (χ2v) is 7.40. The molecule has 1 aromatic carbocycles. The predicted molar refractivity (Wildman–Crippen MR) is 97.2 cm³/mol. The van der Waals surface area contributed by atoms with Crippen LogP contribution in [0.4, 0.5) is 9.52 Å². The topological polar surface area (TPSA) is 63.8 Å². The largest absolute Gasteiger partial charge is 0.467 e. The van der Waals surface area contributed by atoms with E-state index in [0.717, 1.165) is 20.8 Å². The maximum absolute atomic E-state index is 13.9. The molecular weight excluding hydrogens is 359 g/mol. The summed E-state index contributed by atoms with van der Waals surface area (Å²) in [5.74, 6) is 1.24. The zero-order chi connectivity index (χ0) is 17.1. The Balaban J connectivity index is 1.43. The fourth-order valence-electron chi connectivity index (χ4n) is 2.37. The number of hydrogen-bond acceptors (Lipinski definition) is 7. The molecule has 4 aromatic rings. The van der Waals surface area contributed by atoms with Crippen LogP contribution < -0.4 is 5.32 Å². The Morgan fingerprint density at radius 1 is 1.16 bits per heavy atom. The summed E-state index contributed by atoms with van der Waals surface area (Å²) in [7, 11) is 0. The lowest BCUT2D eigenvalue weighted by Gasteiger charge is -2.05. The number of nitrogens with zero attached hydrogens (tertiary/aromatic N) is 3. The minimum absolute atomic E-state index is 0.253. The van der Waals surface area contributed by atoms with Crippen molar-refractivity contribution >= 4 is 39.1 Å². The fraction of sp³-hybridized carbons (Fsp3) is 0.118. The minimum Gasteiger partial charge on any atom is -0.467 e. The second-order valence-electron chi connectivity index (χ2n) is 5.20. The van der Waals surface area contributed by atoms with E-state index in [1.165, 1.54) is 17.4 Å². The van der Waals surface area contributed by atoms with E-state index in [1.807, 2.05) is 12.1 Å². The molecule has 5 nitrogen and oxygen atoms in total. The molecule has 0 saturated heterocycles. The van der Waals surface area contributed by atoms with Crippen LogP contribution in [0, 0.1) is 5.82 Å². The molecule has 0 atom stereocenters. The summed E-state index contributed by atoms with van der Waals surface area (Å²) in [5.41, 5.74) is 1.66. The monoisotopic (exact) mass is 372 g/mol. The van der Waals surface area contributed by atoms with Crippen molar-refractivity contribution in [3.63, 3.8) is 0 Å². The molecule has 3 aromatic heterocycles. The van der Waals surface area contributed by atoms with E-state index < -0.39 is 0 Å². The average Bonchev–Trinajstić information content (AvgIpc) is 3.31. The van der Waals surface area contributed by atoms with Crippen LogP contribution in [0.2, 0.25) is 0 Å². The number of aromatic nitrogens is 3. The molecule has 0 aliphatic rings. The van der Waals surface area contributed by atoms with E-state index in [9.17, 15) is 4.39 Å². The smallest absolute Gasteiger partial charge is 0.206 e. The third kappa shape index (κ3) is 3.64. The molecule has 0 amide bonds. The van der Waals surface area contributed by atoms with Gasteiger partial charge in [0.25, 0.3) is 0 Å². The number of pyridine rings is 1. The molecule has 25 heavy (non-hydrogen) atoms. The van der Waals surface area contributed by atoms with Gasteiger partial charge in [-0.1, -0.05) is 29.2 Å². The molecule has 4 rings (SSSR count). The molecular formula is C17H13FN4OS2. The molecule has 0 spiro atoms. The fourth-order valence-corrected chi connectivity index (χ4v) is 4.10. The molecule has 0 fully saturated rings. The summed E-state index contributed by atoms with van der Waals surface area (Å²) >= 11 is 3.03. The number of rotatable bonds is 6. The number of nitrogens with one attached hydrogen (secondary N) is 1. The first-order chi connectivity index (χ1) is 12.3. The van der Waals surface area contributed by atoms with Crippen molar-refractivity contribution in [1.29, 1.82) is 0 Å². The highest BCUT2D eigenvalue weighted by Gasteiger charge is 2.10. The summed E-state index contributed by atoms with van der Waals surface area (Å²) in [4.78, 5) is 4.31. The lowest BCUT2D eigenvalue weighted by molar-refractivity contribution is 0.518. The Labute approximate surface area is 151 Å². The number of halogens is 1. The van der Waals surface area contributed by atoms with E-state index in [-0.39, 0.29) is 5.82 Å². The van der Waals surface area contributed by atoms with Gasteiger partial charge in [0.15, 0.2) is 4.34 Å². The summed E-state index contributed by atoms with van der Waals surface area (Å²) < 4.78 is 20.0. The molecule has 0 aliphatic carbocycles. The average molecular weight is 372 g/mol. The molecule has 0 unspecified atom stereocenters. The summed E-state index contributed by atoms with van der Waals surface area (Å²) in [6.45, 7) is 0.568. The van der Waals surface area contributed by atoms with Gasteiger partial charge in [0.05, 0.1) is 18.3 Å². The van der Waals surface area contributed by atoms with Gasteiger partial charge < -0.3 is 9.73 Å². The number of thioether (sulfide) groups is 1. The van der Waals surface area contributed by atoms with Crippen molar-refractivity contribution < 1.29 is 8.81 Å². The van der Waals surface area contributed by atoms with Gasteiger partial charge in [0, 0.05) is 17.3 Å². The van der Waals surface area contributed by atoms with Crippen LogP contribution in [0.3, 0.4) is 0 Å². The highest BCUT2D eigenvalue weighted by molar-refractivity contribution is 8.00. The van der Waals surface area contributed by atoms with Gasteiger partial charge in [-0.15, -0.1) is 10.2 Å². The van der Waals surface area contributed by atoms with Gasteiger partial charge in [0.2, 0.25) is 5.13 Å². The van der Waals surface area contributed by atoms with Crippen molar-refractivity contribution in [3.8, 4) is 0 Å². The summed E-state index contributed by atoms with van der Waals surface area (Å²) in [6.07, 6.45) is 3.32. The van der Waals surface area contributed by atoms with Gasteiger partial charge in [-0.05, 0) is 35.9 Å². The lowest BCUT2D eigenvalue weighted by Crippen LogP contribution is -1.96. The van der Waals surface area contributed by atoms with Crippen molar-refractivity contribution in [2.24, 2.45) is 0 Å². The second kappa shape index (κ2) is 7.20. The van der Waals surface area contributed by atoms with Gasteiger partial charge >= 0.3 is 0 Å². The first-order valence-electron chi connectivity index (χ1n) is 7.54. The molecule has 0 aliphatic heterocycles. The predicted octanol–water partition coefficient (Wildman–Crippen LogP) is 4.72. The maximum Gasteiger partial charge on any atom is 0.206 e. The molecule has 126 valence electrons. The van der Waals surface area contributed by atoms with Crippen LogP contribution >= 0.6 is 23.1 Å². The van der Waals surface area contributed by atoms with Crippen molar-refractivity contribution in [2.75, 3.05) is 5.32 Å².